The van der Waals surface area contributed by atoms with Gasteiger partial charge in [0.05, 0.1) is 0 Å². The minimum Gasteiger partial charge on any atom is -0.375 e. The molecule has 0 aliphatic carbocycles. The normalized spacial score (nSPS) is 16.8. The van der Waals surface area contributed by atoms with Gasteiger partial charge in [-0.1, -0.05) is 13.3 Å². The van der Waals surface area contributed by atoms with E-state index in [-0.39, 0.29) is 6.54 Å². The minimum atomic E-state index is -0.880. The second kappa shape index (κ2) is 4.66. The number of nitrogens with one attached hydrogen (secondary N) is 1. The largest absolute Gasteiger partial charge is 0.375 e. The van der Waals surface area contributed by atoms with Crippen LogP contribution in [0.2, 0.25) is 0 Å². The van der Waals surface area contributed by atoms with Crippen molar-refractivity contribution in [3.63, 3.8) is 0 Å². The predicted octanol–water partition coefficient (Wildman–Crippen LogP) is 0.0433. The van der Waals surface area contributed by atoms with Crippen molar-refractivity contribution in [2.45, 2.75) is 32.4 Å². The molecular weight excluding hydrogens is 128 g/mol. The Bertz CT molecular complexity index is 83.7. The van der Waals surface area contributed by atoms with Gasteiger partial charge in [0.2, 0.25) is 0 Å². The van der Waals surface area contributed by atoms with Crippen LogP contribution in [-0.4, -0.2) is 23.9 Å². The van der Waals surface area contributed by atoms with E-state index in [0.717, 1.165) is 19.4 Å². The van der Waals surface area contributed by atoms with Crippen molar-refractivity contribution in [3.8, 4) is 0 Å². The molecule has 1 unspecified atom stereocenters. The van der Waals surface area contributed by atoms with Crippen LogP contribution in [-0.2, 0) is 0 Å². The standard InChI is InChI=1S/C7H18N2O/c1-3-4-5-9-7(2,10)6-8/h9-10H,3-6,8H2,1-2H3. The molecule has 0 heterocycles. The first-order valence-electron chi connectivity index (χ1n) is 3.80. The Morgan fingerprint density at radius 1 is 1.60 bits per heavy atom. The summed E-state index contributed by atoms with van der Waals surface area (Å²) in [4.78, 5) is 0. The van der Waals surface area contributed by atoms with Gasteiger partial charge >= 0.3 is 0 Å². The van der Waals surface area contributed by atoms with E-state index < -0.39 is 5.72 Å². The van der Waals surface area contributed by atoms with Crippen molar-refractivity contribution >= 4 is 0 Å². The maximum Gasteiger partial charge on any atom is 0.125 e. The van der Waals surface area contributed by atoms with Gasteiger partial charge in [0.1, 0.15) is 5.72 Å². The van der Waals surface area contributed by atoms with Crippen LogP contribution in [0.1, 0.15) is 26.7 Å². The Kier molecular flexibility index (Phi) is 4.60. The van der Waals surface area contributed by atoms with Gasteiger partial charge in [-0.05, 0) is 19.9 Å². The van der Waals surface area contributed by atoms with Crippen molar-refractivity contribution in [3.05, 3.63) is 0 Å². The Hall–Kier alpha value is -0.120. The molecule has 0 amide bonds. The highest BCUT2D eigenvalue weighted by atomic mass is 16.3. The lowest BCUT2D eigenvalue weighted by atomic mass is 10.2. The Labute approximate surface area is 62.6 Å². The first kappa shape index (κ1) is 9.88. The highest BCUT2D eigenvalue weighted by Crippen LogP contribution is 1.94. The molecule has 1 atom stereocenters. The van der Waals surface area contributed by atoms with E-state index >= 15 is 0 Å². The first-order valence-corrected chi connectivity index (χ1v) is 3.80. The van der Waals surface area contributed by atoms with Crippen LogP contribution < -0.4 is 11.1 Å². The van der Waals surface area contributed by atoms with Gasteiger partial charge in [0, 0.05) is 6.54 Å². The van der Waals surface area contributed by atoms with Crippen LogP contribution in [0.5, 0.6) is 0 Å². The van der Waals surface area contributed by atoms with Gasteiger partial charge in [0.25, 0.3) is 0 Å². The number of rotatable bonds is 5. The molecule has 0 bridgehead atoms. The van der Waals surface area contributed by atoms with Crippen molar-refractivity contribution in [2.75, 3.05) is 13.1 Å². The summed E-state index contributed by atoms with van der Waals surface area (Å²) in [6, 6.07) is 0. The molecule has 10 heavy (non-hydrogen) atoms. The summed E-state index contributed by atoms with van der Waals surface area (Å²) in [7, 11) is 0. The Balaban J connectivity index is 3.28. The van der Waals surface area contributed by atoms with Crippen LogP contribution in [0.3, 0.4) is 0 Å². The van der Waals surface area contributed by atoms with Gasteiger partial charge in [-0.2, -0.15) is 0 Å². The molecular formula is C7H18N2O. The summed E-state index contributed by atoms with van der Waals surface area (Å²) >= 11 is 0. The zero-order valence-corrected chi connectivity index (χ0v) is 6.85. The third-order valence-corrected chi connectivity index (χ3v) is 1.43. The van der Waals surface area contributed by atoms with Gasteiger partial charge in [-0.3, -0.25) is 5.32 Å². The zero-order valence-electron chi connectivity index (χ0n) is 6.85. The van der Waals surface area contributed by atoms with Gasteiger partial charge < -0.3 is 10.8 Å². The lowest BCUT2D eigenvalue weighted by molar-refractivity contribution is 0.0332. The second-order valence-electron chi connectivity index (χ2n) is 2.76. The summed E-state index contributed by atoms with van der Waals surface area (Å²) < 4.78 is 0. The third kappa shape index (κ3) is 4.73. The molecule has 3 nitrogen and oxygen atoms in total. The molecule has 0 aliphatic heterocycles. The average molecular weight is 146 g/mol. The molecule has 62 valence electrons. The Morgan fingerprint density at radius 2 is 2.20 bits per heavy atom. The van der Waals surface area contributed by atoms with E-state index in [1.165, 1.54) is 0 Å². The monoisotopic (exact) mass is 146 g/mol. The second-order valence-corrected chi connectivity index (χ2v) is 2.76. The first-order chi connectivity index (χ1) is 4.62. The summed E-state index contributed by atoms with van der Waals surface area (Å²) in [6.07, 6.45) is 2.21. The van der Waals surface area contributed by atoms with Gasteiger partial charge in [0.15, 0.2) is 0 Å². The van der Waals surface area contributed by atoms with Crippen molar-refractivity contribution in [1.82, 2.24) is 5.32 Å². The van der Waals surface area contributed by atoms with Crippen LogP contribution >= 0.6 is 0 Å². The maximum absolute atomic E-state index is 9.31. The van der Waals surface area contributed by atoms with Crippen LogP contribution in [0, 0.1) is 0 Å². The van der Waals surface area contributed by atoms with Gasteiger partial charge in [-0.25, -0.2) is 0 Å². The summed E-state index contributed by atoms with van der Waals surface area (Å²) in [5.74, 6) is 0. The molecule has 0 aromatic rings. The molecule has 0 saturated heterocycles. The molecule has 0 aromatic heterocycles. The summed E-state index contributed by atoms with van der Waals surface area (Å²) in [5, 5.41) is 12.3. The zero-order chi connectivity index (χ0) is 8.04. The predicted molar refractivity (Wildman–Crippen MR) is 42.6 cm³/mol. The van der Waals surface area contributed by atoms with E-state index in [0.29, 0.717) is 0 Å². The number of nitrogens with two attached hydrogens (primary N) is 1. The molecule has 0 rings (SSSR count). The molecule has 4 N–H and O–H groups in total. The molecule has 3 heteroatoms. The minimum absolute atomic E-state index is 0.261. The maximum atomic E-state index is 9.31. The van der Waals surface area contributed by atoms with E-state index in [1.54, 1.807) is 6.92 Å². The van der Waals surface area contributed by atoms with Crippen molar-refractivity contribution in [2.24, 2.45) is 5.73 Å². The van der Waals surface area contributed by atoms with Crippen LogP contribution in [0.15, 0.2) is 0 Å². The van der Waals surface area contributed by atoms with Gasteiger partial charge in [-0.15, -0.1) is 0 Å². The third-order valence-electron chi connectivity index (χ3n) is 1.43. The number of hydrogen-bond donors (Lipinski definition) is 3. The molecule has 0 fully saturated rings. The van der Waals surface area contributed by atoms with E-state index in [1.807, 2.05) is 0 Å². The fourth-order valence-corrected chi connectivity index (χ4v) is 0.607. The molecule has 0 aromatic carbocycles. The lowest BCUT2D eigenvalue weighted by Gasteiger charge is -2.22. The van der Waals surface area contributed by atoms with Crippen LogP contribution in [0.25, 0.3) is 0 Å². The SMILES string of the molecule is CCCCNC(C)(O)CN. The topological polar surface area (TPSA) is 58.3 Å². The highest BCUT2D eigenvalue weighted by molar-refractivity contribution is 4.69. The van der Waals surface area contributed by atoms with Crippen molar-refractivity contribution in [1.29, 1.82) is 0 Å². The summed E-state index contributed by atoms with van der Waals surface area (Å²) in [6.45, 7) is 4.89. The van der Waals surface area contributed by atoms with E-state index in [2.05, 4.69) is 12.2 Å². The smallest absolute Gasteiger partial charge is 0.125 e. The summed E-state index contributed by atoms with van der Waals surface area (Å²) in [5.41, 5.74) is 4.40. The molecule has 0 radical (unpaired) electrons. The van der Waals surface area contributed by atoms with Crippen LogP contribution in [0.4, 0.5) is 0 Å². The average Bonchev–Trinajstić information content (AvgIpc) is 1.89. The molecule has 0 aliphatic rings. The quantitative estimate of drug-likeness (QED) is 0.379. The molecule has 0 saturated carbocycles. The number of hydrogen-bond acceptors (Lipinski definition) is 3. The number of unbranched alkanes of at least 4 members (excludes halogenated alkanes) is 1. The number of aliphatic hydroxyl groups is 1. The van der Waals surface area contributed by atoms with Crippen molar-refractivity contribution < 1.29 is 5.11 Å². The fraction of sp³-hybridized carbons (Fsp3) is 1.00. The van der Waals surface area contributed by atoms with E-state index in [4.69, 9.17) is 5.73 Å². The molecule has 0 spiro atoms. The Morgan fingerprint density at radius 3 is 2.60 bits per heavy atom. The van der Waals surface area contributed by atoms with E-state index in [9.17, 15) is 5.11 Å². The highest BCUT2D eigenvalue weighted by Gasteiger charge is 2.14. The lowest BCUT2D eigenvalue weighted by Crippen LogP contribution is -2.48. The fourth-order valence-electron chi connectivity index (χ4n) is 0.607.